The number of hydrogen-bond acceptors (Lipinski definition) is 5. The molecule has 0 saturated carbocycles. The van der Waals surface area contributed by atoms with Gasteiger partial charge in [-0.05, 0) is 32.0 Å². The van der Waals surface area contributed by atoms with E-state index in [4.69, 9.17) is 0 Å². The number of nitrogens with zero attached hydrogens (tertiary/aromatic N) is 3. The van der Waals surface area contributed by atoms with Crippen molar-refractivity contribution in [2.45, 2.75) is 19.9 Å². The molecule has 2 aromatic heterocycles. The molecule has 0 radical (unpaired) electrons. The number of carbonyl (C=O) groups excluding carboxylic acids is 1. The second kappa shape index (κ2) is 5.01. The highest BCUT2D eigenvalue weighted by atomic mass is 32.1. The monoisotopic (exact) mass is 287 g/mol. The Labute approximate surface area is 119 Å². The van der Waals surface area contributed by atoms with E-state index in [1.54, 1.807) is 11.6 Å². The molecular formula is C13H13N5OS. The minimum atomic E-state index is -0.246. The predicted molar refractivity (Wildman–Crippen MR) is 76.6 cm³/mol. The van der Waals surface area contributed by atoms with Crippen molar-refractivity contribution >= 4 is 27.5 Å². The Balaban J connectivity index is 1.78. The second-order valence-corrected chi connectivity index (χ2v) is 5.40. The van der Waals surface area contributed by atoms with Gasteiger partial charge in [-0.1, -0.05) is 0 Å². The molecule has 0 aliphatic heterocycles. The number of aromatic amines is 1. The van der Waals surface area contributed by atoms with E-state index in [0.29, 0.717) is 11.4 Å². The molecule has 2 N–H and O–H groups in total. The Bertz CT molecular complexity index is 763. The van der Waals surface area contributed by atoms with Crippen LogP contribution < -0.4 is 5.32 Å². The lowest BCUT2D eigenvalue weighted by Crippen LogP contribution is -2.27. The fourth-order valence-corrected chi connectivity index (χ4v) is 2.61. The summed E-state index contributed by atoms with van der Waals surface area (Å²) in [7, 11) is 0. The van der Waals surface area contributed by atoms with Gasteiger partial charge in [0.15, 0.2) is 5.82 Å². The number of aromatic nitrogens is 4. The smallest absolute Gasteiger partial charge is 0.251 e. The summed E-state index contributed by atoms with van der Waals surface area (Å²) in [6.45, 7) is 3.68. The van der Waals surface area contributed by atoms with Crippen LogP contribution in [0.1, 0.15) is 35.0 Å². The zero-order valence-corrected chi connectivity index (χ0v) is 11.9. The van der Waals surface area contributed by atoms with Crippen LogP contribution in [0.5, 0.6) is 0 Å². The molecule has 0 saturated heterocycles. The molecule has 3 rings (SSSR count). The molecule has 0 unspecified atom stereocenters. The highest BCUT2D eigenvalue weighted by Crippen LogP contribution is 2.19. The summed E-state index contributed by atoms with van der Waals surface area (Å²) in [4.78, 5) is 20.6. The highest BCUT2D eigenvalue weighted by Gasteiger charge is 2.15. The molecular weight excluding hydrogens is 274 g/mol. The van der Waals surface area contributed by atoms with E-state index in [2.05, 4.69) is 25.5 Å². The van der Waals surface area contributed by atoms with Gasteiger partial charge >= 0.3 is 0 Å². The van der Waals surface area contributed by atoms with E-state index in [9.17, 15) is 4.79 Å². The van der Waals surface area contributed by atoms with Crippen molar-refractivity contribution in [2.75, 3.05) is 0 Å². The van der Waals surface area contributed by atoms with Crippen LogP contribution in [0.15, 0.2) is 23.7 Å². The lowest BCUT2D eigenvalue weighted by atomic mass is 10.2. The maximum absolute atomic E-state index is 12.2. The number of fused-ring (bicyclic) bond motifs is 1. The number of hydrogen-bond donors (Lipinski definition) is 2. The van der Waals surface area contributed by atoms with E-state index in [1.165, 1.54) is 11.3 Å². The van der Waals surface area contributed by atoms with Crippen molar-refractivity contribution in [1.82, 2.24) is 25.5 Å². The van der Waals surface area contributed by atoms with Gasteiger partial charge in [0.2, 0.25) is 0 Å². The van der Waals surface area contributed by atoms with Gasteiger partial charge < -0.3 is 5.32 Å². The van der Waals surface area contributed by atoms with Crippen molar-refractivity contribution in [2.24, 2.45) is 0 Å². The van der Waals surface area contributed by atoms with Crippen LogP contribution in [0, 0.1) is 6.92 Å². The SMILES string of the molecule is Cc1nc([C@@H](C)NC(=O)c2ccc3ncsc3c2)n[nH]1. The van der Waals surface area contributed by atoms with Gasteiger partial charge in [0.1, 0.15) is 5.82 Å². The van der Waals surface area contributed by atoms with Crippen LogP contribution in [0.3, 0.4) is 0 Å². The van der Waals surface area contributed by atoms with E-state index in [0.717, 1.165) is 16.0 Å². The third-order valence-electron chi connectivity index (χ3n) is 2.94. The molecule has 2 heterocycles. The molecule has 0 aliphatic rings. The fraction of sp³-hybridized carbons (Fsp3) is 0.231. The molecule has 20 heavy (non-hydrogen) atoms. The average molecular weight is 287 g/mol. The largest absolute Gasteiger partial charge is 0.342 e. The lowest BCUT2D eigenvalue weighted by Gasteiger charge is -2.10. The maximum atomic E-state index is 12.2. The quantitative estimate of drug-likeness (QED) is 0.773. The van der Waals surface area contributed by atoms with E-state index in [-0.39, 0.29) is 11.9 Å². The van der Waals surface area contributed by atoms with E-state index < -0.39 is 0 Å². The third kappa shape index (κ3) is 2.39. The molecule has 102 valence electrons. The summed E-state index contributed by atoms with van der Waals surface area (Å²) in [5.74, 6) is 1.16. The maximum Gasteiger partial charge on any atom is 0.251 e. The number of amides is 1. The van der Waals surface area contributed by atoms with Gasteiger partial charge in [-0.25, -0.2) is 9.97 Å². The van der Waals surface area contributed by atoms with Gasteiger partial charge in [0.05, 0.1) is 21.8 Å². The summed E-state index contributed by atoms with van der Waals surface area (Å²) < 4.78 is 0.999. The van der Waals surface area contributed by atoms with Gasteiger partial charge in [-0.3, -0.25) is 9.89 Å². The number of rotatable bonds is 3. The van der Waals surface area contributed by atoms with Gasteiger partial charge in [-0.15, -0.1) is 11.3 Å². The third-order valence-corrected chi connectivity index (χ3v) is 3.73. The fourth-order valence-electron chi connectivity index (χ4n) is 1.89. The molecule has 1 atom stereocenters. The summed E-state index contributed by atoms with van der Waals surface area (Å²) >= 11 is 1.52. The lowest BCUT2D eigenvalue weighted by molar-refractivity contribution is 0.0938. The summed E-state index contributed by atoms with van der Waals surface area (Å²) in [5.41, 5.74) is 3.29. The van der Waals surface area contributed by atoms with Crippen molar-refractivity contribution in [1.29, 1.82) is 0 Å². The van der Waals surface area contributed by atoms with Crippen LogP contribution in [0.2, 0.25) is 0 Å². The second-order valence-electron chi connectivity index (χ2n) is 4.51. The van der Waals surface area contributed by atoms with Crippen molar-refractivity contribution < 1.29 is 4.79 Å². The van der Waals surface area contributed by atoms with E-state index >= 15 is 0 Å². The Morgan fingerprint density at radius 3 is 3.05 bits per heavy atom. The Hall–Kier alpha value is -2.28. The Morgan fingerprint density at radius 2 is 2.30 bits per heavy atom. The number of carbonyl (C=O) groups is 1. The standard InChI is InChI=1S/C13H13N5OS/c1-7(12-16-8(2)17-18-12)15-13(19)9-3-4-10-11(5-9)20-6-14-10/h3-7H,1-2H3,(H,15,19)(H,16,17,18)/t7-/m1/s1. The molecule has 1 aromatic carbocycles. The van der Waals surface area contributed by atoms with Crippen LogP contribution in [0.4, 0.5) is 0 Å². The molecule has 0 bridgehead atoms. The number of benzene rings is 1. The van der Waals surface area contributed by atoms with Gasteiger partial charge in [-0.2, -0.15) is 5.10 Å². The Morgan fingerprint density at radius 1 is 1.45 bits per heavy atom. The van der Waals surface area contributed by atoms with Gasteiger partial charge in [0.25, 0.3) is 5.91 Å². The number of thiazole rings is 1. The number of aryl methyl sites for hydroxylation is 1. The molecule has 0 fully saturated rings. The van der Waals surface area contributed by atoms with Crippen molar-refractivity contribution in [3.05, 3.63) is 40.9 Å². The molecule has 0 aliphatic carbocycles. The van der Waals surface area contributed by atoms with Crippen LogP contribution in [-0.2, 0) is 0 Å². The minimum absolute atomic E-state index is 0.143. The summed E-state index contributed by atoms with van der Waals surface area (Å²) in [5, 5.41) is 9.69. The zero-order valence-electron chi connectivity index (χ0n) is 11.0. The van der Waals surface area contributed by atoms with Crippen molar-refractivity contribution in [3.63, 3.8) is 0 Å². The first kappa shape index (κ1) is 12.7. The summed E-state index contributed by atoms with van der Waals surface area (Å²) in [6.07, 6.45) is 0. The van der Waals surface area contributed by atoms with E-state index in [1.807, 2.05) is 26.0 Å². The molecule has 6 nitrogen and oxygen atoms in total. The predicted octanol–water partition coefficient (Wildman–Crippen LogP) is 2.21. The topological polar surface area (TPSA) is 83.6 Å². The number of nitrogens with one attached hydrogen (secondary N) is 2. The minimum Gasteiger partial charge on any atom is -0.342 e. The molecule has 1 amide bonds. The first-order valence-corrected chi connectivity index (χ1v) is 7.04. The van der Waals surface area contributed by atoms with Crippen LogP contribution >= 0.6 is 11.3 Å². The normalized spacial score (nSPS) is 12.5. The average Bonchev–Trinajstić information content (AvgIpc) is 3.05. The van der Waals surface area contributed by atoms with Gasteiger partial charge in [0, 0.05) is 5.56 Å². The first-order chi connectivity index (χ1) is 9.63. The zero-order chi connectivity index (χ0) is 14.1. The van der Waals surface area contributed by atoms with Crippen molar-refractivity contribution in [3.8, 4) is 0 Å². The molecule has 0 spiro atoms. The van der Waals surface area contributed by atoms with Crippen LogP contribution in [-0.4, -0.2) is 26.1 Å². The summed E-state index contributed by atoms with van der Waals surface area (Å²) in [6, 6.07) is 5.22. The number of H-pyrrole nitrogens is 1. The van der Waals surface area contributed by atoms with Crippen LogP contribution in [0.25, 0.3) is 10.2 Å². The Kier molecular flexibility index (Phi) is 3.19. The highest BCUT2D eigenvalue weighted by molar-refractivity contribution is 7.16. The first-order valence-electron chi connectivity index (χ1n) is 6.16. The molecule has 7 heteroatoms. The molecule has 3 aromatic rings.